The average molecular weight is 623 g/mol. The van der Waals surface area contributed by atoms with E-state index in [0.717, 1.165) is 35.6 Å². The lowest BCUT2D eigenvalue weighted by atomic mass is 9.95. The lowest BCUT2D eigenvalue weighted by Gasteiger charge is -2.24. The Kier molecular flexibility index (Phi) is 11.2. The van der Waals surface area contributed by atoms with E-state index in [1.807, 2.05) is 6.92 Å². The molecule has 12 heteroatoms. The van der Waals surface area contributed by atoms with E-state index >= 15 is 0 Å². The molecule has 2 amide bonds. The van der Waals surface area contributed by atoms with Crippen molar-refractivity contribution in [1.82, 2.24) is 10.7 Å². The molecule has 0 aromatic heterocycles. The summed E-state index contributed by atoms with van der Waals surface area (Å²) in [6, 6.07) is 18.1. The second-order valence-corrected chi connectivity index (χ2v) is 12.3. The first kappa shape index (κ1) is 32.3. The molecule has 0 atom stereocenters. The summed E-state index contributed by atoms with van der Waals surface area (Å²) in [6.07, 6.45) is 6.94. The van der Waals surface area contributed by atoms with Crippen LogP contribution in [0.25, 0.3) is 0 Å². The highest BCUT2D eigenvalue weighted by atomic mass is 32.2. The van der Waals surface area contributed by atoms with Gasteiger partial charge in [0.25, 0.3) is 21.8 Å². The van der Waals surface area contributed by atoms with Crippen molar-refractivity contribution in [2.75, 3.05) is 31.7 Å². The molecule has 2 N–H and O–H groups in total. The van der Waals surface area contributed by atoms with Gasteiger partial charge in [0, 0.05) is 12.1 Å². The molecule has 44 heavy (non-hydrogen) atoms. The molecule has 3 aromatic rings. The maximum Gasteiger partial charge on any atom is 0.264 e. The Hall–Kier alpha value is -4.58. The van der Waals surface area contributed by atoms with Gasteiger partial charge in [0.15, 0.2) is 18.1 Å². The van der Waals surface area contributed by atoms with Gasteiger partial charge in [0.2, 0.25) is 0 Å². The van der Waals surface area contributed by atoms with Crippen LogP contribution in [0.1, 0.15) is 43.2 Å². The van der Waals surface area contributed by atoms with Gasteiger partial charge in [-0.3, -0.25) is 13.9 Å². The fourth-order valence-corrected chi connectivity index (χ4v) is 6.23. The summed E-state index contributed by atoms with van der Waals surface area (Å²) < 4.78 is 44.5. The van der Waals surface area contributed by atoms with E-state index in [1.54, 1.807) is 48.5 Å². The Morgan fingerprint density at radius 1 is 0.909 bits per heavy atom. The van der Waals surface area contributed by atoms with Crippen molar-refractivity contribution in [3.05, 3.63) is 77.9 Å². The Morgan fingerprint density at radius 2 is 1.59 bits per heavy atom. The second kappa shape index (κ2) is 15.2. The summed E-state index contributed by atoms with van der Waals surface area (Å²) in [6.45, 7) is 1.29. The van der Waals surface area contributed by atoms with Crippen LogP contribution >= 0.6 is 0 Å². The number of ether oxygens (including phenoxy) is 3. The first-order chi connectivity index (χ1) is 21.2. The summed E-state index contributed by atoms with van der Waals surface area (Å²) in [5.74, 6) is 0.359. The second-order valence-electron chi connectivity index (χ2n) is 10.4. The first-order valence-electron chi connectivity index (χ1n) is 14.3. The molecular formula is C32H38N4O7S. The Bertz CT molecular complexity index is 1550. The van der Waals surface area contributed by atoms with Crippen LogP contribution in [-0.4, -0.2) is 59.9 Å². The zero-order valence-electron chi connectivity index (χ0n) is 25.1. The predicted molar refractivity (Wildman–Crippen MR) is 168 cm³/mol. The summed E-state index contributed by atoms with van der Waals surface area (Å²) in [5.41, 5.74) is 4.31. The number of amides is 2. The van der Waals surface area contributed by atoms with Crippen LogP contribution in [0.5, 0.6) is 17.2 Å². The van der Waals surface area contributed by atoms with E-state index in [0.29, 0.717) is 22.7 Å². The summed E-state index contributed by atoms with van der Waals surface area (Å²) in [7, 11) is -1.31. The Balaban J connectivity index is 1.38. The number of hydrogen-bond acceptors (Lipinski definition) is 8. The number of carbonyl (C=O) groups is 2. The minimum Gasteiger partial charge on any atom is -0.493 e. The number of methoxy groups -OCH3 is 2. The summed E-state index contributed by atoms with van der Waals surface area (Å²) in [5, 5.41) is 7.00. The Morgan fingerprint density at radius 3 is 2.25 bits per heavy atom. The molecule has 1 saturated carbocycles. The van der Waals surface area contributed by atoms with Crippen molar-refractivity contribution in [1.29, 1.82) is 0 Å². The van der Waals surface area contributed by atoms with E-state index in [-0.39, 0.29) is 29.2 Å². The van der Waals surface area contributed by atoms with Gasteiger partial charge < -0.3 is 19.5 Å². The number of nitrogens with zero attached hydrogens (tertiary/aromatic N) is 2. The number of nitrogens with one attached hydrogen (secondary N) is 2. The van der Waals surface area contributed by atoms with Crippen molar-refractivity contribution in [3.63, 3.8) is 0 Å². The first-order valence-corrected chi connectivity index (χ1v) is 15.8. The number of hydrazone groups is 1. The van der Waals surface area contributed by atoms with Gasteiger partial charge in [-0.05, 0) is 73.9 Å². The molecule has 234 valence electrons. The lowest BCUT2D eigenvalue weighted by Crippen LogP contribution is -2.39. The topological polar surface area (TPSA) is 136 Å². The van der Waals surface area contributed by atoms with Crippen molar-refractivity contribution in [2.45, 2.75) is 50.0 Å². The number of benzene rings is 3. The highest BCUT2D eigenvalue weighted by molar-refractivity contribution is 7.92. The van der Waals surface area contributed by atoms with Crippen molar-refractivity contribution >= 4 is 33.7 Å². The average Bonchev–Trinajstić information content (AvgIpc) is 3.03. The largest absolute Gasteiger partial charge is 0.493 e. The number of hydrogen-bond donors (Lipinski definition) is 2. The van der Waals surface area contributed by atoms with Gasteiger partial charge in [-0.25, -0.2) is 13.8 Å². The van der Waals surface area contributed by atoms with Crippen LogP contribution in [0.2, 0.25) is 0 Å². The lowest BCUT2D eigenvalue weighted by molar-refractivity contribution is -0.124. The van der Waals surface area contributed by atoms with Gasteiger partial charge >= 0.3 is 0 Å². The smallest absolute Gasteiger partial charge is 0.264 e. The standard InChI is InChI=1S/C32H38N4O7S/c1-23-9-13-26(14-10-23)36(44(39,40)28-17-18-29(41-2)30(19-28)42-3)21-31(37)35-33-20-24-11-15-27(16-12-24)43-22-32(38)34-25-7-5-4-6-8-25/h9-20,25H,4-8,21-22H2,1-3H3,(H,34,38)(H,35,37)/b33-20-. The van der Waals surface area contributed by atoms with Crippen molar-refractivity contribution in [2.24, 2.45) is 5.10 Å². The van der Waals surface area contributed by atoms with Crippen LogP contribution in [0.4, 0.5) is 5.69 Å². The van der Waals surface area contributed by atoms with Gasteiger partial charge in [0.1, 0.15) is 12.3 Å². The summed E-state index contributed by atoms with van der Waals surface area (Å²) in [4.78, 5) is 25.0. The molecule has 0 bridgehead atoms. The number of rotatable bonds is 13. The van der Waals surface area contributed by atoms with Crippen LogP contribution in [0, 0.1) is 6.92 Å². The summed E-state index contributed by atoms with van der Waals surface area (Å²) >= 11 is 0. The van der Waals surface area contributed by atoms with Crippen molar-refractivity contribution in [3.8, 4) is 17.2 Å². The predicted octanol–water partition coefficient (Wildman–Crippen LogP) is 4.19. The monoisotopic (exact) mass is 622 g/mol. The van der Waals surface area contributed by atoms with Gasteiger partial charge in [0.05, 0.1) is 31.0 Å². The maximum absolute atomic E-state index is 13.7. The van der Waals surface area contributed by atoms with E-state index in [4.69, 9.17) is 14.2 Å². The third-order valence-electron chi connectivity index (χ3n) is 7.18. The molecule has 11 nitrogen and oxygen atoms in total. The molecule has 1 fully saturated rings. The fourth-order valence-electron chi connectivity index (χ4n) is 4.79. The number of carbonyl (C=O) groups excluding carboxylic acids is 2. The molecule has 4 rings (SSSR count). The zero-order chi connectivity index (χ0) is 31.5. The quantitative estimate of drug-likeness (QED) is 0.216. The van der Waals surface area contributed by atoms with E-state index < -0.39 is 22.5 Å². The minimum atomic E-state index is -4.18. The van der Waals surface area contributed by atoms with Gasteiger partial charge in [-0.1, -0.05) is 37.0 Å². The molecule has 3 aromatic carbocycles. The molecule has 0 saturated heterocycles. The van der Waals surface area contributed by atoms with E-state index in [2.05, 4.69) is 15.8 Å². The molecule has 1 aliphatic carbocycles. The molecule has 0 spiro atoms. The normalized spacial score (nSPS) is 13.7. The fraction of sp³-hybridized carbons (Fsp3) is 0.344. The molecular weight excluding hydrogens is 584 g/mol. The third-order valence-corrected chi connectivity index (χ3v) is 8.95. The highest BCUT2D eigenvalue weighted by Gasteiger charge is 2.28. The van der Waals surface area contributed by atoms with E-state index in [1.165, 1.54) is 45.1 Å². The number of sulfonamides is 1. The highest BCUT2D eigenvalue weighted by Crippen LogP contribution is 2.32. The van der Waals surface area contributed by atoms with Crippen LogP contribution in [0.15, 0.2) is 76.7 Å². The van der Waals surface area contributed by atoms with Crippen LogP contribution < -0.4 is 29.3 Å². The van der Waals surface area contributed by atoms with Gasteiger partial charge in [-0.2, -0.15) is 5.10 Å². The number of anilines is 1. The maximum atomic E-state index is 13.7. The number of aryl methyl sites for hydroxylation is 1. The SMILES string of the molecule is COc1ccc(S(=O)(=O)N(CC(=O)N/N=C\c2ccc(OCC(=O)NC3CCCCC3)cc2)c2ccc(C)cc2)cc1OC. The van der Waals surface area contributed by atoms with E-state index in [9.17, 15) is 18.0 Å². The molecule has 0 unspecified atom stereocenters. The van der Waals surface area contributed by atoms with Crippen LogP contribution in [0.3, 0.4) is 0 Å². The molecule has 0 radical (unpaired) electrons. The molecule has 0 heterocycles. The Labute approximate surface area is 258 Å². The molecule has 1 aliphatic rings. The minimum absolute atomic E-state index is 0.0658. The zero-order valence-corrected chi connectivity index (χ0v) is 25.9. The van der Waals surface area contributed by atoms with Crippen LogP contribution in [-0.2, 0) is 19.6 Å². The van der Waals surface area contributed by atoms with Crippen molar-refractivity contribution < 1.29 is 32.2 Å². The molecule has 0 aliphatic heterocycles. The van der Waals surface area contributed by atoms with Gasteiger partial charge in [-0.15, -0.1) is 0 Å². The third kappa shape index (κ3) is 8.73.